The van der Waals surface area contributed by atoms with Crippen LogP contribution in [-0.4, -0.2) is 23.1 Å². The number of aromatic nitrogens is 2. The Bertz CT molecular complexity index is 649. The number of halogens is 1. The lowest BCUT2D eigenvalue weighted by atomic mass is 10.4. The highest BCUT2D eigenvalue weighted by Crippen LogP contribution is 2.18. The smallest absolute Gasteiger partial charge is 0.235 e. The maximum atomic E-state index is 11.7. The van der Waals surface area contributed by atoms with Crippen LogP contribution in [-0.2, 0) is 10.0 Å². The third kappa shape index (κ3) is 2.44. The second-order valence-electron chi connectivity index (χ2n) is 3.92. The topological polar surface area (TPSA) is 63.5 Å². The van der Waals surface area contributed by atoms with Gasteiger partial charge in [-0.3, -0.25) is 9.12 Å². The van der Waals surface area contributed by atoms with Gasteiger partial charge in [-0.05, 0) is 41.9 Å². The first kappa shape index (κ1) is 12.4. The zero-order valence-corrected chi connectivity index (χ0v) is 11.8. The van der Waals surface area contributed by atoms with E-state index in [4.69, 9.17) is 0 Å². The van der Waals surface area contributed by atoms with Gasteiger partial charge in [0.05, 0.1) is 17.1 Å². The number of nitrogens with zero attached hydrogens (tertiary/aromatic N) is 2. The van der Waals surface area contributed by atoms with Gasteiger partial charge in [0.15, 0.2) is 0 Å². The van der Waals surface area contributed by atoms with E-state index in [9.17, 15) is 8.42 Å². The Kier molecular flexibility index (Phi) is 3.13. The van der Waals surface area contributed by atoms with Crippen LogP contribution in [0.2, 0.25) is 0 Å². The van der Waals surface area contributed by atoms with Gasteiger partial charge in [-0.25, -0.2) is 13.4 Å². The van der Waals surface area contributed by atoms with Gasteiger partial charge in [0.25, 0.3) is 0 Å². The third-order valence-electron chi connectivity index (χ3n) is 2.34. The van der Waals surface area contributed by atoms with Gasteiger partial charge < -0.3 is 0 Å². The average Bonchev–Trinajstić information content (AvgIpc) is 2.60. The summed E-state index contributed by atoms with van der Waals surface area (Å²) in [5, 5.41) is -0.468. The van der Waals surface area contributed by atoms with Crippen LogP contribution in [0.3, 0.4) is 0 Å². The molecule has 2 aromatic rings. The van der Waals surface area contributed by atoms with E-state index in [1.807, 2.05) is 0 Å². The molecule has 0 aliphatic rings. The Labute approximate surface area is 108 Å². The Morgan fingerprint density at radius 3 is 2.76 bits per heavy atom. The number of rotatable bonds is 3. The average molecular weight is 318 g/mol. The summed E-state index contributed by atoms with van der Waals surface area (Å²) in [6.45, 7) is 3.27. The number of pyridine rings is 1. The van der Waals surface area contributed by atoms with Gasteiger partial charge in [-0.15, -0.1) is 0 Å². The zero-order chi connectivity index (χ0) is 12.6. The van der Waals surface area contributed by atoms with Gasteiger partial charge in [0, 0.05) is 6.20 Å². The van der Waals surface area contributed by atoms with Crippen LogP contribution in [0.4, 0.5) is 5.69 Å². The lowest BCUT2D eigenvalue weighted by molar-refractivity contribution is 0.592. The molecule has 2 heterocycles. The number of imidazole rings is 1. The van der Waals surface area contributed by atoms with Crippen molar-refractivity contribution >= 4 is 37.3 Å². The molecule has 5 nitrogen and oxygen atoms in total. The van der Waals surface area contributed by atoms with E-state index in [0.717, 1.165) is 10.3 Å². The summed E-state index contributed by atoms with van der Waals surface area (Å²) in [6.07, 6.45) is 3.35. The van der Waals surface area contributed by atoms with Crippen LogP contribution >= 0.6 is 15.9 Å². The van der Waals surface area contributed by atoms with E-state index in [1.165, 1.54) is 0 Å². The summed E-state index contributed by atoms with van der Waals surface area (Å²) in [7, 11) is -3.31. The molecule has 0 saturated carbocycles. The molecule has 0 spiro atoms. The maximum Gasteiger partial charge on any atom is 0.235 e. The minimum atomic E-state index is -3.31. The second-order valence-corrected chi connectivity index (χ2v) is 6.97. The molecule has 0 atom stereocenters. The molecule has 0 radical (unpaired) electrons. The molecule has 0 saturated heterocycles. The van der Waals surface area contributed by atoms with Crippen LogP contribution in [0.15, 0.2) is 29.1 Å². The molecule has 1 N–H and O–H groups in total. The van der Waals surface area contributed by atoms with Crippen molar-refractivity contribution in [3.05, 3.63) is 29.1 Å². The number of hydrogen-bond donors (Lipinski definition) is 1. The van der Waals surface area contributed by atoms with Crippen molar-refractivity contribution in [2.75, 3.05) is 4.72 Å². The summed E-state index contributed by atoms with van der Waals surface area (Å²) in [5.41, 5.74) is 1.27. The van der Waals surface area contributed by atoms with Crippen LogP contribution in [0.25, 0.3) is 5.65 Å². The van der Waals surface area contributed by atoms with Gasteiger partial charge in [-0.2, -0.15) is 0 Å². The molecule has 0 amide bonds. The fraction of sp³-hybridized carbons (Fsp3) is 0.300. The molecule has 0 aliphatic heterocycles. The normalized spacial score (nSPS) is 12.2. The molecule has 2 aromatic heterocycles. The molecule has 0 unspecified atom stereocenters. The zero-order valence-electron chi connectivity index (χ0n) is 9.38. The van der Waals surface area contributed by atoms with Crippen LogP contribution in [0, 0.1) is 0 Å². The van der Waals surface area contributed by atoms with Crippen molar-refractivity contribution in [2.24, 2.45) is 0 Å². The lowest BCUT2D eigenvalue weighted by Crippen LogP contribution is -2.22. The molecule has 92 valence electrons. The lowest BCUT2D eigenvalue weighted by Gasteiger charge is -2.10. The number of sulfonamides is 1. The molecule has 0 bridgehead atoms. The Hall–Kier alpha value is -1.08. The largest absolute Gasteiger partial charge is 0.292 e. The Morgan fingerprint density at radius 2 is 2.12 bits per heavy atom. The van der Waals surface area contributed by atoms with Crippen LogP contribution in [0.5, 0.6) is 0 Å². The van der Waals surface area contributed by atoms with E-state index in [0.29, 0.717) is 5.69 Å². The minimum absolute atomic E-state index is 0.468. The predicted molar refractivity (Wildman–Crippen MR) is 70.6 cm³/mol. The van der Waals surface area contributed by atoms with Crippen molar-refractivity contribution in [1.82, 2.24) is 9.38 Å². The molecular formula is C10H12BrN3O2S. The highest BCUT2D eigenvalue weighted by atomic mass is 79.9. The summed E-state index contributed by atoms with van der Waals surface area (Å²) < 4.78 is 28.5. The first-order valence-electron chi connectivity index (χ1n) is 5.04. The SMILES string of the molecule is CC(C)S(=O)(=O)Nc1ccc2ncc(Br)n2c1. The van der Waals surface area contributed by atoms with Crippen molar-refractivity contribution in [3.8, 4) is 0 Å². The predicted octanol–water partition coefficient (Wildman–Crippen LogP) is 2.25. The molecule has 17 heavy (non-hydrogen) atoms. The highest BCUT2D eigenvalue weighted by molar-refractivity contribution is 9.10. The van der Waals surface area contributed by atoms with Crippen LogP contribution in [0.1, 0.15) is 13.8 Å². The van der Waals surface area contributed by atoms with E-state index >= 15 is 0 Å². The standard InChI is InChI=1S/C10H12BrN3O2S/c1-7(2)17(15,16)13-8-3-4-10-12-5-9(11)14(10)6-8/h3-7,13H,1-2H3. The maximum absolute atomic E-state index is 11.7. The van der Waals surface area contributed by atoms with E-state index in [2.05, 4.69) is 25.6 Å². The summed E-state index contributed by atoms with van der Waals surface area (Å²) in [4.78, 5) is 4.13. The molecule has 7 heteroatoms. The van der Waals surface area contributed by atoms with E-state index in [-0.39, 0.29) is 0 Å². The van der Waals surface area contributed by atoms with Gasteiger partial charge in [0.1, 0.15) is 10.3 Å². The Balaban J connectivity index is 2.41. The second kappa shape index (κ2) is 4.30. The van der Waals surface area contributed by atoms with Crippen molar-refractivity contribution in [3.63, 3.8) is 0 Å². The molecular weight excluding hydrogens is 306 g/mol. The monoisotopic (exact) mass is 317 g/mol. The third-order valence-corrected chi connectivity index (χ3v) is 4.69. The first-order chi connectivity index (χ1) is 7.90. The van der Waals surface area contributed by atoms with Crippen molar-refractivity contribution in [1.29, 1.82) is 0 Å². The molecule has 0 aliphatic carbocycles. The highest BCUT2D eigenvalue weighted by Gasteiger charge is 2.15. The summed E-state index contributed by atoms with van der Waals surface area (Å²) in [5.74, 6) is 0. The van der Waals surface area contributed by atoms with Gasteiger partial charge in [0.2, 0.25) is 10.0 Å². The van der Waals surface area contributed by atoms with Gasteiger partial charge >= 0.3 is 0 Å². The van der Waals surface area contributed by atoms with E-state index in [1.54, 1.807) is 42.8 Å². The fourth-order valence-electron chi connectivity index (χ4n) is 1.29. The number of hydrogen-bond acceptors (Lipinski definition) is 3. The van der Waals surface area contributed by atoms with Crippen LogP contribution < -0.4 is 4.72 Å². The Morgan fingerprint density at radius 1 is 1.41 bits per heavy atom. The van der Waals surface area contributed by atoms with Crippen molar-refractivity contribution in [2.45, 2.75) is 19.1 Å². The van der Waals surface area contributed by atoms with Crippen molar-refractivity contribution < 1.29 is 8.42 Å². The molecule has 0 fully saturated rings. The molecule has 0 aromatic carbocycles. The summed E-state index contributed by atoms with van der Waals surface area (Å²) in [6, 6.07) is 3.44. The summed E-state index contributed by atoms with van der Waals surface area (Å²) >= 11 is 3.33. The fourth-order valence-corrected chi connectivity index (χ4v) is 2.36. The minimum Gasteiger partial charge on any atom is -0.292 e. The first-order valence-corrected chi connectivity index (χ1v) is 7.38. The number of anilines is 1. The quantitative estimate of drug-likeness (QED) is 0.944. The van der Waals surface area contributed by atoms with Gasteiger partial charge in [-0.1, -0.05) is 0 Å². The molecule has 2 rings (SSSR count). The number of nitrogens with one attached hydrogen (secondary N) is 1. The van der Waals surface area contributed by atoms with E-state index < -0.39 is 15.3 Å². The number of fused-ring (bicyclic) bond motifs is 1.